The maximum atomic E-state index is 13.2. The predicted octanol–water partition coefficient (Wildman–Crippen LogP) is 4.59. The molecule has 5 nitrogen and oxygen atoms in total. The van der Waals surface area contributed by atoms with Crippen molar-refractivity contribution in [1.29, 1.82) is 0 Å². The van der Waals surface area contributed by atoms with Gasteiger partial charge in [0.2, 0.25) is 0 Å². The summed E-state index contributed by atoms with van der Waals surface area (Å²) in [6.07, 6.45) is 0. The summed E-state index contributed by atoms with van der Waals surface area (Å²) in [5.74, 6) is 0.739. The Labute approximate surface area is 173 Å². The molecule has 4 aromatic rings. The van der Waals surface area contributed by atoms with Crippen LogP contribution in [0.4, 0.5) is 0 Å². The summed E-state index contributed by atoms with van der Waals surface area (Å²) in [7, 11) is -0.0886. The quantitative estimate of drug-likeness (QED) is 0.464. The number of nitrogens with zero attached hydrogens (tertiary/aromatic N) is 2. The van der Waals surface area contributed by atoms with Crippen molar-refractivity contribution in [2.75, 3.05) is 7.11 Å². The summed E-state index contributed by atoms with van der Waals surface area (Å²) in [5, 5.41) is 0.547. The van der Waals surface area contributed by atoms with E-state index in [1.807, 2.05) is 42.5 Å². The van der Waals surface area contributed by atoms with Crippen LogP contribution in [0.15, 0.2) is 87.4 Å². The van der Waals surface area contributed by atoms with E-state index in [2.05, 4.69) is 0 Å². The van der Waals surface area contributed by atoms with Crippen molar-refractivity contribution >= 4 is 45.6 Å². The molecule has 0 spiro atoms. The highest BCUT2D eigenvalue weighted by Gasteiger charge is 2.19. The molecule has 0 saturated carbocycles. The number of hydrogen-bond donors (Lipinski definition) is 0. The Kier molecular flexibility index (Phi) is 5.30. The van der Waals surface area contributed by atoms with Crippen LogP contribution in [0.25, 0.3) is 11.0 Å². The van der Waals surface area contributed by atoms with E-state index in [9.17, 15) is 9.00 Å². The summed E-state index contributed by atoms with van der Waals surface area (Å²) in [4.78, 5) is 14.5. The van der Waals surface area contributed by atoms with E-state index in [0.717, 1.165) is 10.6 Å². The highest BCUT2D eigenvalue weighted by molar-refractivity contribution is 7.98. The van der Waals surface area contributed by atoms with Gasteiger partial charge in [-0.25, -0.2) is 16.9 Å². The normalized spacial score (nSPS) is 12.2. The van der Waals surface area contributed by atoms with Gasteiger partial charge < -0.3 is 4.74 Å². The van der Waals surface area contributed by atoms with Gasteiger partial charge >= 0.3 is 5.69 Å². The van der Waals surface area contributed by atoms with Crippen molar-refractivity contribution in [2.24, 2.45) is 0 Å². The number of rotatable bonds is 5. The largest absolute Gasteiger partial charge is 0.497 e. The lowest BCUT2D eigenvalue weighted by Crippen LogP contribution is -2.24. The average Bonchev–Trinajstić information content (AvgIpc) is 3.00. The fourth-order valence-corrected chi connectivity index (χ4v) is 4.94. The van der Waals surface area contributed by atoms with E-state index in [-0.39, 0.29) is 5.69 Å². The molecule has 0 fully saturated rings. The Morgan fingerprint density at radius 1 is 0.929 bits per heavy atom. The Morgan fingerprint density at radius 2 is 1.57 bits per heavy atom. The molecule has 0 aliphatic carbocycles. The SMILES string of the molecule is COc1ccc(Sn2c(=O)n(S(=O)c3ccc(Cl)cc3)c3ccccc32)cc1. The minimum Gasteiger partial charge on any atom is -0.497 e. The standard InChI is InChI=1S/C20H15ClN2O3S2/c1-26-15-8-10-16(11-9-15)27-22-18-4-2-3-5-19(18)23(20(22)24)28(25)17-12-6-14(21)7-13-17/h2-13H,1H3. The molecule has 0 saturated heterocycles. The second kappa shape index (κ2) is 7.87. The summed E-state index contributed by atoms with van der Waals surface area (Å²) >= 11 is 7.19. The Hall–Kier alpha value is -2.48. The molecule has 4 rings (SSSR count). The zero-order valence-electron chi connectivity index (χ0n) is 14.7. The smallest absolute Gasteiger partial charge is 0.352 e. The lowest BCUT2D eigenvalue weighted by atomic mass is 10.3. The van der Waals surface area contributed by atoms with Crippen molar-refractivity contribution in [1.82, 2.24) is 7.94 Å². The van der Waals surface area contributed by atoms with E-state index in [1.54, 1.807) is 41.4 Å². The lowest BCUT2D eigenvalue weighted by molar-refractivity contribution is 0.414. The van der Waals surface area contributed by atoms with Gasteiger partial charge in [-0.2, -0.15) is 0 Å². The third kappa shape index (κ3) is 3.48. The molecule has 0 N–H and O–H groups in total. The molecular formula is C20H15ClN2O3S2. The van der Waals surface area contributed by atoms with Gasteiger partial charge in [-0.05, 0) is 72.6 Å². The number of fused-ring (bicyclic) bond motifs is 1. The summed E-state index contributed by atoms with van der Waals surface area (Å²) in [6, 6.07) is 21.3. The van der Waals surface area contributed by atoms with Gasteiger partial charge in [-0.3, -0.25) is 0 Å². The molecular weight excluding hydrogens is 416 g/mol. The maximum absolute atomic E-state index is 13.2. The third-order valence-corrected chi connectivity index (χ3v) is 6.73. The van der Waals surface area contributed by atoms with Crippen LogP contribution in [0.5, 0.6) is 5.75 Å². The Balaban J connectivity index is 1.82. The molecule has 0 bridgehead atoms. The second-order valence-corrected chi connectivity index (χ2v) is 8.62. The molecule has 8 heteroatoms. The second-order valence-electron chi connectivity index (χ2n) is 5.83. The van der Waals surface area contributed by atoms with Crippen LogP contribution >= 0.6 is 23.5 Å². The predicted molar refractivity (Wildman–Crippen MR) is 114 cm³/mol. The number of ether oxygens (including phenoxy) is 1. The third-order valence-electron chi connectivity index (χ3n) is 4.10. The van der Waals surface area contributed by atoms with E-state index in [0.29, 0.717) is 21.0 Å². The van der Waals surface area contributed by atoms with E-state index in [1.165, 1.54) is 15.9 Å². The molecule has 1 aromatic heterocycles. The summed E-state index contributed by atoms with van der Waals surface area (Å²) in [5.41, 5.74) is 0.924. The van der Waals surface area contributed by atoms with Crippen molar-refractivity contribution in [2.45, 2.75) is 9.79 Å². The van der Waals surface area contributed by atoms with Gasteiger partial charge in [0.15, 0.2) is 11.0 Å². The van der Waals surface area contributed by atoms with E-state index < -0.39 is 11.0 Å². The monoisotopic (exact) mass is 430 g/mol. The van der Waals surface area contributed by atoms with Crippen LogP contribution in [-0.2, 0) is 11.0 Å². The molecule has 1 atom stereocenters. The van der Waals surface area contributed by atoms with Crippen LogP contribution in [0.3, 0.4) is 0 Å². The number of imidazole rings is 1. The van der Waals surface area contributed by atoms with Gasteiger partial charge in [-0.15, -0.1) is 0 Å². The number of aromatic nitrogens is 2. The van der Waals surface area contributed by atoms with Gasteiger partial charge in [0.1, 0.15) is 5.75 Å². The van der Waals surface area contributed by atoms with Gasteiger partial charge in [0, 0.05) is 9.92 Å². The first-order valence-electron chi connectivity index (χ1n) is 8.31. The molecule has 0 amide bonds. The molecule has 142 valence electrons. The van der Waals surface area contributed by atoms with E-state index in [4.69, 9.17) is 16.3 Å². The first-order valence-corrected chi connectivity index (χ1v) is 10.6. The zero-order chi connectivity index (χ0) is 19.7. The van der Waals surface area contributed by atoms with Crippen LogP contribution in [0.1, 0.15) is 0 Å². The minimum atomic E-state index is -1.69. The number of hydrogen-bond acceptors (Lipinski definition) is 4. The number of para-hydroxylation sites is 2. The fourth-order valence-electron chi connectivity index (χ4n) is 2.74. The van der Waals surface area contributed by atoms with Crippen molar-refractivity contribution < 1.29 is 8.95 Å². The maximum Gasteiger partial charge on any atom is 0.352 e. The Morgan fingerprint density at radius 3 is 2.21 bits per heavy atom. The van der Waals surface area contributed by atoms with Gasteiger partial charge in [0.05, 0.1) is 23.0 Å². The zero-order valence-corrected chi connectivity index (χ0v) is 17.1. The number of benzene rings is 3. The topological polar surface area (TPSA) is 53.2 Å². The van der Waals surface area contributed by atoms with E-state index >= 15 is 0 Å². The van der Waals surface area contributed by atoms with Crippen LogP contribution < -0.4 is 10.4 Å². The molecule has 0 aliphatic rings. The van der Waals surface area contributed by atoms with Crippen molar-refractivity contribution in [3.63, 3.8) is 0 Å². The molecule has 1 unspecified atom stereocenters. The lowest BCUT2D eigenvalue weighted by Gasteiger charge is -2.04. The van der Waals surface area contributed by atoms with Crippen LogP contribution in [-0.4, -0.2) is 19.3 Å². The highest BCUT2D eigenvalue weighted by atomic mass is 35.5. The van der Waals surface area contributed by atoms with Gasteiger partial charge in [0.25, 0.3) is 0 Å². The fraction of sp³-hybridized carbons (Fsp3) is 0.0500. The molecule has 0 radical (unpaired) electrons. The van der Waals surface area contributed by atoms with Crippen LogP contribution in [0, 0.1) is 0 Å². The van der Waals surface area contributed by atoms with Gasteiger partial charge in [-0.1, -0.05) is 23.7 Å². The minimum absolute atomic E-state index is 0.365. The Bertz CT molecular complexity index is 1220. The first kappa shape index (κ1) is 18.9. The average molecular weight is 431 g/mol. The molecule has 0 aliphatic heterocycles. The highest BCUT2D eigenvalue weighted by Crippen LogP contribution is 2.27. The van der Waals surface area contributed by atoms with Crippen molar-refractivity contribution in [3.05, 3.63) is 88.3 Å². The first-order chi connectivity index (χ1) is 13.6. The molecule has 28 heavy (non-hydrogen) atoms. The molecule has 3 aromatic carbocycles. The molecule has 1 heterocycles. The summed E-state index contributed by atoms with van der Waals surface area (Å²) < 4.78 is 21.2. The summed E-state index contributed by atoms with van der Waals surface area (Å²) in [6.45, 7) is 0. The van der Waals surface area contributed by atoms with Crippen molar-refractivity contribution in [3.8, 4) is 5.75 Å². The number of methoxy groups -OCH3 is 1. The number of halogens is 1. The van der Waals surface area contributed by atoms with Crippen LogP contribution in [0.2, 0.25) is 5.02 Å².